The van der Waals surface area contributed by atoms with Crippen LogP contribution in [0.5, 0.6) is 0 Å². The van der Waals surface area contributed by atoms with Gasteiger partial charge in [0.15, 0.2) is 0 Å². The van der Waals surface area contributed by atoms with Crippen molar-refractivity contribution in [1.82, 2.24) is 10.0 Å². The summed E-state index contributed by atoms with van der Waals surface area (Å²) >= 11 is 0. The van der Waals surface area contributed by atoms with E-state index in [9.17, 15) is 4.79 Å². The molecule has 1 aliphatic rings. The van der Waals surface area contributed by atoms with Gasteiger partial charge in [0, 0.05) is 13.1 Å². The highest BCUT2D eigenvalue weighted by atomic mass is 16.5. The van der Waals surface area contributed by atoms with Gasteiger partial charge in [0.2, 0.25) is 6.41 Å². The molecule has 0 spiro atoms. The molecule has 1 heterocycles. The Labute approximate surface area is 72.4 Å². The molecule has 68 valence electrons. The van der Waals surface area contributed by atoms with Gasteiger partial charge in [-0.25, -0.2) is 5.01 Å². The Morgan fingerprint density at radius 1 is 1.50 bits per heavy atom. The zero-order valence-electron chi connectivity index (χ0n) is 7.11. The van der Waals surface area contributed by atoms with E-state index in [1.807, 2.05) is 5.01 Å². The molecule has 0 atom stereocenters. The van der Waals surface area contributed by atoms with Crippen molar-refractivity contribution in [1.29, 1.82) is 0 Å². The summed E-state index contributed by atoms with van der Waals surface area (Å²) < 4.78 is 5.16. The van der Waals surface area contributed by atoms with Gasteiger partial charge in [-0.05, 0) is 0 Å². The maximum absolute atomic E-state index is 10.6. The van der Waals surface area contributed by atoms with E-state index in [1.165, 1.54) is 0 Å². The minimum Gasteiger partial charge on any atom is -0.379 e. The molecule has 1 aliphatic heterocycles. The van der Waals surface area contributed by atoms with Crippen LogP contribution in [0.2, 0.25) is 0 Å². The second kappa shape index (κ2) is 4.90. The molecule has 0 aromatic heterocycles. The topological polar surface area (TPSA) is 32.8 Å². The first-order chi connectivity index (χ1) is 5.88. The van der Waals surface area contributed by atoms with Crippen LogP contribution in [-0.4, -0.2) is 49.3 Å². The summed E-state index contributed by atoms with van der Waals surface area (Å²) in [6.07, 6.45) is 2.54. The lowest BCUT2D eigenvalue weighted by atomic mass is 10.5. The van der Waals surface area contributed by atoms with E-state index in [0.717, 1.165) is 19.5 Å². The fourth-order valence-electron chi connectivity index (χ4n) is 1.17. The third kappa shape index (κ3) is 2.32. The summed E-state index contributed by atoms with van der Waals surface area (Å²) in [5.41, 5.74) is 0. The Bertz CT molecular complexity index is 155. The fraction of sp³-hybridized carbons (Fsp3) is 0.625. The van der Waals surface area contributed by atoms with Crippen LogP contribution >= 0.6 is 0 Å². The van der Waals surface area contributed by atoms with E-state index in [0.29, 0.717) is 19.8 Å². The number of morpholine rings is 1. The van der Waals surface area contributed by atoms with E-state index in [-0.39, 0.29) is 0 Å². The molecule has 0 radical (unpaired) electrons. The maximum Gasteiger partial charge on any atom is 0.224 e. The lowest BCUT2D eigenvalue weighted by molar-refractivity contribution is -0.140. The van der Waals surface area contributed by atoms with Gasteiger partial charge in [0.25, 0.3) is 0 Å². The monoisotopic (exact) mass is 170 g/mol. The molecule has 0 unspecified atom stereocenters. The molecule has 1 rings (SSSR count). The predicted octanol–water partition coefficient (Wildman–Crippen LogP) is -0.122. The van der Waals surface area contributed by atoms with Crippen LogP contribution in [0, 0.1) is 0 Å². The first-order valence-corrected chi connectivity index (χ1v) is 4.04. The van der Waals surface area contributed by atoms with Crippen LogP contribution in [0.4, 0.5) is 0 Å². The van der Waals surface area contributed by atoms with Gasteiger partial charge in [-0.1, -0.05) is 6.08 Å². The molecular formula is C8H14N2O2. The molecule has 12 heavy (non-hydrogen) atoms. The standard InChI is InChI=1S/C8H14N2O2/c1-2-3-10(8-11)9-4-6-12-7-5-9/h2,8H,1,3-7H2. The van der Waals surface area contributed by atoms with Gasteiger partial charge in [-0.15, -0.1) is 6.58 Å². The number of hydrogen-bond acceptors (Lipinski definition) is 3. The number of ether oxygens (including phenoxy) is 1. The van der Waals surface area contributed by atoms with Gasteiger partial charge in [0.1, 0.15) is 0 Å². The lowest BCUT2D eigenvalue weighted by Gasteiger charge is -2.33. The molecule has 1 saturated heterocycles. The molecule has 1 amide bonds. The van der Waals surface area contributed by atoms with Crippen LogP contribution in [0.3, 0.4) is 0 Å². The molecule has 1 fully saturated rings. The summed E-state index contributed by atoms with van der Waals surface area (Å²) in [5, 5.41) is 3.59. The quantitative estimate of drug-likeness (QED) is 0.435. The first-order valence-electron chi connectivity index (χ1n) is 4.04. The van der Waals surface area contributed by atoms with Crippen molar-refractivity contribution in [2.24, 2.45) is 0 Å². The Morgan fingerprint density at radius 2 is 2.17 bits per heavy atom. The summed E-state index contributed by atoms with van der Waals surface area (Å²) in [6.45, 7) is 7.12. The second-order valence-corrected chi connectivity index (χ2v) is 2.58. The number of amides is 1. The largest absolute Gasteiger partial charge is 0.379 e. The number of nitrogens with zero attached hydrogens (tertiary/aromatic N) is 2. The highest BCUT2D eigenvalue weighted by molar-refractivity contribution is 5.46. The van der Waals surface area contributed by atoms with Crippen molar-refractivity contribution in [2.75, 3.05) is 32.8 Å². The Hall–Kier alpha value is -0.870. The molecule has 0 N–H and O–H groups in total. The highest BCUT2D eigenvalue weighted by Gasteiger charge is 2.15. The average Bonchev–Trinajstić information content (AvgIpc) is 2.15. The van der Waals surface area contributed by atoms with Crippen molar-refractivity contribution >= 4 is 6.41 Å². The molecule has 0 saturated carbocycles. The summed E-state index contributed by atoms with van der Waals surface area (Å²) in [4.78, 5) is 10.6. The molecular weight excluding hydrogens is 156 g/mol. The summed E-state index contributed by atoms with van der Waals surface area (Å²) in [6, 6.07) is 0. The normalized spacial score (nSPS) is 18.7. The lowest BCUT2D eigenvalue weighted by Crippen LogP contribution is -2.48. The Balaban J connectivity index is 2.39. The number of rotatable bonds is 4. The van der Waals surface area contributed by atoms with Crippen molar-refractivity contribution in [2.45, 2.75) is 0 Å². The number of hydrazine groups is 1. The first kappa shape index (κ1) is 9.22. The van der Waals surface area contributed by atoms with E-state index in [4.69, 9.17) is 4.74 Å². The second-order valence-electron chi connectivity index (χ2n) is 2.58. The molecule has 4 heteroatoms. The van der Waals surface area contributed by atoms with Crippen molar-refractivity contribution in [3.63, 3.8) is 0 Å². The summed E-state index contributed by atoms with van der Waals surface area (Å²) in [7, 11) is 0. The van der Waals surface area contributed by atoms with Crippen LogP contribution in [0.15, 0.2) is 12.7 Å². The van der Waals surface area contributed by atoms with Gasteiger partial charge in [-0.3, -0.25) is 9.80 Å². The van der Waals surface area contributed by atoms with E-state index in [1.54, 1.807) is 11.1 Å². The predicted molar refractivity (Wildman–Crippen MR) is 45.4 cm³/mol. The molecule has 0 bridgehead atoms. The van der Waals surface area contributed by atoms with Crippen molar-refractivity contribution in [3.05, 3.63) is 12.7 Å². The van der Waals surface area contributed by atoms with Gasteiger partial charge >= 0.3 is 0 Å². The van der Waals surface area contributed by atoms with Crippen LogP contribution in [0.1, 0.15) is 0 Å². The van der Waals surface area contributed by atoms with Crippen molar-refractivity contribution < 1.29 is 9.53 Å². The molecule has 4 nitrogen and oxygen atoms in total. The fourth-order valence-corrected chi connectivity index (χ4v) is 1.17. The number of hydrogen-bond donors (Lipinski definition) is 0. The van der Waals surface area contributed by atoms with Crippen molar-refractivity contribution in [3.8, 4) is 0 Å². The molecule has 0 aliphatic carbocycles. The maximum atomic E-state index is 10.6. The van der Waals surface area contributed by atoms with Crippen LogP contribution in [0.25, 0.3) is 0 Å². The van der Waals surface area contributed by atoms with Gasteiger partial charge in [0.05, 0.1) is 19.8 Å². The van der Waals surface area contributed by atoms with Crippen LogP contribution < -0.4 is 0 Å². The van der Waals surface area contributed by atoms with E-state index < -0.39 is 0 Å². The van der Waals surface area contributed by atoms with Crippen LogP contribution in [-0.2, 0) is 9.53 Å². The Morgan fingerprint density at radius 3 is 2.67 bits per heavy atom. The zero-order chi connectivity index (χ0) is 8.81. The third-order valence-electron chi connectivity index (χ3n) is 1.79. The SMILES string of the molecule is C=CCN(C=O)N1CCOCC1. The molecule has 0 aromatic rings. The minimum absolute atomic E-state index is 0.573. The van der Waals surface area contributed by atoms with Gasteiger partial charge < -0.3 is 4.74 Å². The summed E-state index contributed by atoms with van der Waals surface area (Å²) in [5.74, 6) is 0. The number of carbonyl (C=O) groups is 1. The molecule has 0 aromatic carbocycles. The van der Waals surface area contributed by atoms with E-state index >= 15 is 0 Å². The number of carbonyl (C=O) groups excluding carboxylic acids is 1. The smallest absolute Gasteiger partial charge is 0.224 e. The minimum atomic E-state index is 0.573. The average molecular weight is 170 g/mol. The third-order valence-corrected chi connectivity index (χ3v) is 1.79. The Kier molecular flexibility index (Phi) is 3.76. The van der Waals surface area contributed by atoms with Gasteiger partial charge in [-0.2, -0.15) is 0 Å². The highest BCUT2D eigenvalue weighted by Crippen LogP contribution is 2.00. The van der Waals surface area contributed by atoms with E-state index in [2.05, 4.69) is 6.58 Å². The zero-order valence-corrected chi connectivity index (χ0v) is 7.11.